The third-order valence-corrected chi connectivity index (χ3v) is 2.04. The zero-order valence-corrected chi connectivity index (χ0v) is 7.34. The highest BCUT2D eigenvalue weighted by atomic mass is 35.5. The van der Waals surface area contributed by atoms with Crippen LogP contribution in [0.3, 0.4) is 0 Å². The minimum atomic E-state index is 0.701. The van der Waals surface area contributed by atoms with Crippen LogP contribution in [0.15, 0.2) is 24.5 Å². The van der Waals surface area contributed by atoms with Crippen LogP contribution in [0, 0.1) is 6.92 Å². The normalized spacial score (nSPS) is 10.5. The molecule has 0 radical (unpaired) electrons. The molecule has 0 aliphatic heterocycles. The van der Waals surface area contributed by atoms with E-state index in [1.165, 1.54) is 0 Å². The second-order valence-corrected chi connectivity index (χ2v) is 3.04. The van der Waals surface area contributed by atoms with E-state index in [1.54, 1.807) is 18.5 Å². The SMILES string of the molecule is Cc1cc2nccc(Cl)c2cn1. The van der Waals surface area contributed by atoms with Crippen molar-refractivity contribution >= 4 is 22.5 Å². The molecule has 0 bridgehead atoms. The highest BCUT2D eigenvalue weighted by Crippen LogP contribution is 2.20. The minimum absolute atomic E-state index is 0.701. The van der Waals surface area contributed by atoms with Crippen molar-refractivity contribution in [1.82, 2.24) is 9.97 Å². The number of aromatic nitrogens is 2. The molecule has 0 amide bonds. The molecule has 0 atom stereocenters. The van der Waals surface area contributed by atoms with Crippen LogP contribution < -0.4 is 0 Å². The van der Waals surface area contributed by atoms with Crippen LogP contribution in [0.2, 0.25) is 5.02 Å². The summed E-state index contributed by atoms with van der Waals surface area (Å²) in [6.45, 7) is 1.93. The van der Waals surface area contributed by atoms with E-state index in [4.69, 9.17) is 11.6 Å². The van der Waals surface area contributed by atoms with E-state index in [2.05, 4.69) is 9.97 Å². The van der Waals surface area contributed by atoms with Crippen LogP contribution in [-0.2, 0) is 0 Å². The summed E-state index contributed by atoms with van der Waals surface area (Å²) in [6, 6.07) is 3.68. The van der Waals surface area contributed by atoms with Gasteiger partial charge >= 0.3 is 0 Å². The monoisotopic (exact) mass is 178 g/mol. The first-order valence-electron chi connectivity index (χ1n) is 3.64. The summed E-state index contributed by atoms with van der Waals surface area (Å²) in [5.74, 6) is 0. The summed E-state index contributed by atoms with van der Waals surface area (Å²) in [7, 11) is 0. The van der Waals surface area contributed by atoms with Gasteiger partial charge in [-0.2, -0.15) is 0 Å². The largest absolute Gasteiger partial charge is 0.261 e. The van der Waals surface area contributed by atoms with Gasteiger partial charge in [0.05, 0.1) is 10.5 Å². The van der Waals surface area contributed by atoms with Gasteiger partial charge in [0.2, 0.25) is 0 Å². The fourth-order valence-corrected chi connectivity index (χ4v) is 1.31. The van der Waals surface area contributed by atoms with Crippen molar-refractivity contribution in [3.05, 3.63) is 35.2 Å². The second-order valence-electron chi connectivity index (χ2n) is 2.64. The Morgan fingerprint density at radius 1 is 1.33 bits per heavy atom. The first kappa shape index (κ1) is 7.50. The van der Waals surface area contributed by atoms with Crippen molar-refractivity contribution in [3.63, 3.8) is 0 Å². The predicted octanol–water partition coefficient (Wildman–Crippen LogP) is 2.59. The molecular formula is C9H7ClN2. The first-order valence-corrected chi connectivity index (χ1v) is 4.02. The van der Waals surface area contributed by atoms with Crippen molar-refractivity contribution in [2.45, 2.75) is 6.92 Å². The van der Waals surface area contributed by atoms with Crippen molar-refractivity contribution in [3.8, 4) is 0 Å². The van der Waals surface area contributed by atoms with Crippen LogP contribution >= 0.6 is 11.6 Å². The number of nitrogens with zero attached hydrogens (tertiary/aromatic N) is 2. The molecule has 2 aromatic rings. The molecule has 2 rings (SSSR count). The molecule has 2 nitrogen and oxygen atoms in total. The zero-order chi connectivity index (χ0) is 8.55. The van der Waals surface area contributed by atoms with Gasteiger partial charge in [0.15, 0.2) is 0 Å². The molecule has 2 heterocycles. The number of pyridine rings is 2. The average Bonchev–Trinajstić information content (AvgIpc) is 2.04. The quantitative estimate of drug-likeness (QED) is 0.620. The smallest absolute Gasteiger partial charge is 0.0750 e. The Morgan fingerprint density at radius 3 is 3.00 bits per heavy atom. The van der Waals surface area contributed by atoms with Gasteiger partial charge in [-0.3, -0.25) is 9.97 Å². The van der Waals surface area contributed by atoms with E-state index in [0.29, 0.717) is 5.02 Å². The molecule has 0 fully saturated rings. The molecule has 0 saturated heterocycles. The fraction of sp³-hybridized carbons (Fsp3) is 0.111. The van der Waals surface area contributed by atoms with E-state index in [-0.39, 0.29) is 0 Å². The predicted molar refractivity (Wildman–Crippen MR) is 49.3 cm³/mol. The maximum atomic E-state index is 5.93. The molecule has 60 valence electrons. The Labute approximate surface area is 75.2 Å². The van der Waals surface area contributed by atoms with Gasteiger partial charge in [-0.1, -0.05) is 11.6 Å². The molecule has 0 unspecified atom stereocenters. The molecule has 0 saturated carbocycles. The molecule has 0 spiro atoms. The van der Waals surface area contributed by atoms with Crippen molar-refractivity contribution < 1.29 is 0 Å². The Balaban J connectivity index is 2.86. The van der Waals surface area contributed by atoms with Gasteiger partial charge in [-0.15, -0.1) is 0 Å². The van der Waals surface area contributed by atoms with Gasteiger partial charge in [-0.05, 0) is 19.1 Å². The number of fused-ring (bicyclic) bond motifs is 1. The van der Waals surface area contributed by atoms with Crippen molar-refractivity contribution in [2.24, 2.45) is 0 Å². The van der Waals surface area contributed by atoms with Crippen LogP contribution in [-0.4, -0.2) is 9.97 Å². The molecule has 0 aliphatic rings. The summed E-state index contributed by atoms with van der Waals surface area (Å²) in [5, 5.41) is 1.61. The summed E-state index contributed by atoms with van der Waals surface area (Å²) in [4.78, 5) is 8.32. The van der Waals surface area contributed by atoms with Crippen LogP contribution in [0.5, 0.6) is 0 Å². The Hall–Kier alpha value is -1.15. The second kappa shape index (κ2) is 2.72. The number of hydrogen-bond donors (Lipinski definition) is 0. The van der Waals surface area contributed by atoms with E-state index in [9.17, 15) is 0 Å². The molecule has 3 heteroatoms. The van der Waals surface area contributed by atoms with Gasteiger partial charge in [0, 0.05) is 23.5 Å². The highest BCUT2D eigenvalue weighted by Gasteiger charge is 1.98. The number of aryl methyl sites for hydroxylation is 1. The van der Waals surface area contributed by atoms with E-state index >= 15 is 0 Å². The van der Waals surface area contributed by atoms with Crippen LogP contribution in [0.1, 0.15) is 5.69 Å². The third-order valence-electron chi connectivity index (χ3n) is 1.71. The van der Waals surface area contributed by atoms with Crippen LogP contribution in [0.25, 0.3) is 10.9 Å². The van der Waals surface area contributed by atoms with Gasteiger partial charge in [0.25, 0.3) is 0 Å². The van der Waals surface area contributed by atoms with Gasteiger partial charge in [-0.25, -0.2) is 0 Å². The lowest BCUT2D eigenvalue weighted by molar-refractivity contribution is 1.21. The van der Waals surface area contributed by atoms with Gasteiger partial charge in [0.1, 0.15) is 0 Å². The van der Waals surface area contributed by atoms with Crippen LogP contribution in [0.4, 0.5) is 0 Å². The standard InChI is InChI=1S/C9H7ClN2/c1-6-4-9-7(5-12-6)8(10)2-3-11-9/h2-5H,1H3. The highest BCUT2D eigenvalue weighted by molar-refractivity contribution is 6.35. The summed E-state index contributed by atoms with van der Waals surface area (Å²) in [5.41, 5.74) is 1.85. The zero-order valence-electron chi connectivity index (χ0n) is 6.58. The van der Waals surface area contributed by atoms with E-state index in [1.807, 2.05) is 13.0 Å². The fourth-order valence-electron chi connectivity index (χ4n) is 1.11. The maximum absolute atomic E-state index is 5.93. The number of halogens is 1. The summed E-state index contributed by atoms with van der Waals surface area (Å²) in [6.07, 6.45) is 3.45. The maximum Gasteiger partial charge on any atom is 0.0750 e. The molecule has 0 aliphatic carbocycles. The van der Waals surface area contributed by atoms with E-state index in [0.717, 1.165) is 16.6 Å². The lowest BCUT2D eigenvalue weighted by atomic mass is 10.2. The van der Waals surface area contributed by atoms with Gasteiger partial charge < -0.3 is 0 Å². The Bertz CT molecular complexity index is 426. The summed E-state index contributed by atoms with van der Waals surface area (Å²) >= 11 is 5.93. The topological polar surface area (TPSA) is 25.8 Å². The summed E-state index contributed by atoms with van der Waals surface area (Å²) < 4.78 is 0. The number of hydrogen-bond acceptors (Lipinski definition) is 2. The van der Waals surface area contributed by atoms with Crippen molar-refractivity contribution in [1.29, 1.82) is 0 Å². The Morgan fingerprint density at radius 2 is 2.17 bits per heavy atom. The molecular weight excluding hydrogens is 172 g/mol. The van der Waals surface area contributed by atoms with E-state index < -0.39 is 0 Å². The number of rotatable bonds is 0. The minimum Gasteiger partial charge on any atom is -0.261 e. The third kappa shape index (κ3) is 1.14. The molecule has 2 aromatic heterocycles. The molecule has 0 N–H and O–H groups in total. The lowest BCUT2D eigenvalue weighted by Crippen LogP contribution is -1.84. The first-order chi connectivity index (χ1) is 5.77. The molecule has 0 aromatic carbocycles. The average molecular weight is 179 g/mol. The Kier molecular flexibility index (Phi) is 1.70. The van der Waals surface area contributed by atoms with Crippen molar-refractivity contribution in [2.75, 3.05) is 0 Å². The lowest BCUT2D eigenvalue weighted by Gasteiger charge is -1.98. The molecule has 12 heavy (non-hydrogen) atoms.